The SMILES string of the molecule is CCNC(=NCc1nnc2n1CCC2)NCCCN1CCOCC1. The molecule has 0 saturated carbocycles. The Balaban J connectivity index is 1.43. The van der Waals surface area contributed by atoms with Crippen molar-refractivity contribution in [3.05, 3.63) is 11.6 Å². The van der Waals surface area contributed by atoms with Crippen molar-refractivity contribution in [3.8, 4) is 0 Å². The Morgan fingerprint density at radius 2 is 2.08 bits per heavy atom. The van der Waals surface area contributed by atoms with Crippen LogP contribution in [0.2, 0.25) is 0 Å². The smallest absolute Gasteiger partial charge is 0.191 e. The van der Waals surface area contributed by atoms with E-state index in [1.165, 1.54) is 6.42 Å². The third kappa shape index (κ3) is 4.67. The number of morpholine rings is 1. The Bertz CT molecular complexity index is 537. The van der Waals surface area contributed by atoms with Crippen molar-refractivity contribution in [1.29, 1.82) is 0 Å². The quantitative estimate of drug-likeness (QED) is 0.415. The fraction of sp³-hybridized carbons (Fsp3) is 0.812. The van der Waals surface area contributed by atoms with Gasteiger partial charge in [0.05, 0.1) is 13.2 Å². The van der Waals surface area contributed by atoms with Gasteiger partial charge in [-0.15, -0.1) is 10.2 Å². The summed E-state index contributed by atoms with van der Waals surface area (Å²) in [6.45, 7) is 10.4. The van der Waals surface area contributed by atoms with Crippen LogP contribution in [0.15, 0.2) is 4.99 Å². The zero-order valence-electron chi connectivity index (χ0n) is 14.6. The van der Waals surface area contributed by atoms with Gasteiger partial charge in [0.2, 0.25) is 0 Å². The molecular formula is C16H29N7O. The molecule has 0 bridgehead atoms. The molecule has 2 aliphatic heterocycles. The summed E-state index contributed by atoms with van der Waals surface area (Å²) in [7, 11) is 0. The highest BCUT2D eigenvalue weighted by Gasteiger charge is 2.16. The lowest BCUT2D eigenvalue weighted by Gasteiger charge is -2.26. The summed E-state index contributed by atoms with van der Waals surface area (Å²) in [5, 5.41) is 15.2. The van der Waals surface area contributed by atoms with Crippen LogP contribution in [0, 0.1) is 0 Å². The van der Waals surface area contributed by atoms with Crippen LogP contribution in [0.3, 0.4) is 0 Å². The molecule has 3 heterocycles. The van der Waals surface area contributed by atoms with Gasteiger partial charge in [0, 0.05) is 39.1 Å². The number of aromatic nitrogens is 3. The summed E-state index contributed by atoms with van der Waals surface area (Å²) in [5.41, 5.74) is 0. The average molecular weight is 335 g/mol. The monoisotopic (exact) mass is 335 g/mol. The maximum absolute atomic E-state index is 5.38. The zero-order chi connectivity index (χ0) is 16.6. The number of nitrogens with one attached hydrogen (secondary N) is 2. The number of nitrogens with zero attached hydrogens (tertiary/aromatic N) is 5. The van der Waals surface area contributed by atoms with Gasteiger partial charge in [0.15, 0.2) is 11.8 Å². The number of guanidine groups is 1. The van der Waals surface area contributed by atoms with Crippen LogP contribution in [0.5, 0.6) is 0 Å². The number of hydrogen-bond donors (Lipinski definition) is 2. The fourth-order valence-corrected chi connectivity index (χ4v) is 3.15. The number of ether oxygens (including phenoxy) is 1. The van der Waals surface area contributed by atoms with Crippen LogP contribution in [-0.2, 0) is 24.2 Å². The van der Waals surface area contributed by atoms with Crippen molar-refractivity contribution in [2.75, 3.05) is 45.9 Å². The molecule has 134 valence electrons. The Morgan fingerprint density at radius 3 is 2.92 bits per heavy atom. The first kappa shape index (κ1) is 17.2. The lowest BCUT2D eigenvalue weighted by Crippen LogP contribution is -2.40. The Kier molecular flexibility index (Phi) is 6.42. The molecule has 0 atom stereocenters. The zero-order valence-corrected chi connectivity index (χ0v) is 14.6. The van der Waals surface area contributed by atoms with Crippen molar-refractivity contribution in [2.45, 2.75) is 39.3 Å². The summed E-state index contributed by atoms with van der Waals surface area (Å²) >= 11 is 0. The third-order valence-corrected chi connectivity index (χ3v) is 4.46. The van der Waals surface area contributed by atoms with Crippen LogP contribution in [0.1, 0.15) is 31.4 Å². The van der Waals surface area contributed by atoms with Gasteiger partial charge in [-0.25, -0.2) is 4.99 Å². The molecule has 0 aromatic carbocycles. The van der Waals surface area contributed by atoms with Gasteiger partial charge >= 0.3 is 0 Å². The van der Waals surface area contributed by atoms with E-state index >= 15 is 0 Å². The fourth-order valence-electron chi connectivity index (χ4n) is 3.15. The molecule has 1 fully saturated rings. The predicted octanol–water partition coefficient (Wildman–Crippen LogP) is 0.00170. The van der Waals surface area contributed by atoms with Gasteiger partial charge in [-0.05, 0) is 26.3 Å². The van der Waals surface area contributed by atoms with Crippen molar-refractivity contribution >= 4 is 5.96 Å². The maximum Gasteiger partial charge on any atom is 0.191 e. The summed E-state index contributed by atoms with van der Waals surface area (Å²) in [6.07, 6.45) is 3.31. The summed E-state index contributed by atoms with van der Waals surface area (Å²) in [4.78, 5) is 7.11. The second-order valence-electron chi connectivity index (χ2n) is 6.22. The summed E-state index contributed by atoms with van der Waals surface area (Å²) in [6, 6.07) is 0. The van der Waals surface area contributed by atoms with E-state index in [1.807, 2.05) is 0 Å². The molecule has 3 rings (SSSR count). The van der Waals surface area contributed by atoms with Crippen LogP contribution in [0.4, 0.5) is 0 Å². The standard InChI is InChI=1S/C16H29N7O/c1-2-17-16(18-6-4-7-22-9-11-24-12-10-22)19-13-15-21-20-14-5-3-8-23(14)15/h2-13H2,1H3,(H2,17,18,19). The van der Waals surface area contributed by atoms with Gasteiger partial charge in [0.25, 0.3) is 0 Å². The molecule has 8 heteroatoms. The lowest BCUT2D eigenvalue weighted by molar-refractivity contribution is 0.0376. The van der Waals surface area contributed by atoms with Gasteiger partial charge in [-0.1, -0.05) is 0 Å². The van der Waals surface area contributed by atoms with Gasteiger partial charge in [-0.3, -0.25) is 4.90 Å². The Morgan fingerprint density at radius 1 is 1.21 bits per heavy atom. The molecule has 8 nitrogen and oxygen atoms in total. The number of hydrogen-bond acceptors (Lipinski definition) is 5. The number of aryl methyl sites for hydroxylation is 1. The molecule has 2 N–H and O–H groups in total. The lowest BCUT2D eigenvalue weighted by atomic mass is 10.3. The molecule has 1 aromatic heterocycles. The van der Waals surface area contributed by atoms with E-state index < -0.39 is 0 Å². The minimum atomic E-state index is 0.575. The van der Waals surface area contributed by atoms with Crippen LogP contribution < -0.4 is 10.6 Å². The van der Waals surface area contributed by atoms with Crippen molar-refractivity contribution < 1.29 is 4.74 Å². The van der Waals surface area contributed by atoms with E-state index in [0.29, 0.717) is 6.54 Å². The number of aliphatic imine (C=N–C) groups is 1. The minimum Gasteiger partial charge on any atom is -0.379 e. The molecule has 1 aromatic rings. The Labute approximate surface area is 143 Å². The largest absolute Gasteiger partial charge is 0.379 e. The van der Waals surface area contributed by atoms with Crippen molar-refractivity contribution in [3.63, 3.8) is 0 Å². The third-order valence-electron chi connectivity index (χ3n) is 4.46. The summed E-state index contributed by atoms with van der Waals surface area (Å²) < 4.78 is 7.58. The molecular weight excluding hydrogens is 306 g/mol. The molecule has 0 unspecified atom stereocenters. The van der Waals surface area contributed by atoms with E-state index in [2.05, 4.69) is 42.2 Å². The average Bonchev–Trinajstić information content (AvgIpc) is 3.21. The molecule has 2 aliphatic rings. The molecule has 0 amide bonds. The first-order valence-electron chi connectivity index (χ1n) is 9.10. The normalized spacial score (nSPS) is 18.6. The molecule has 1 saturated heterocycles. The molecule has 24 heavy (non-hydrogen) atoms. The highest BCUT2D eigenvalue weighted by atomic mass is 16.5. The molecule has 0 spiro atoms. The van der Waals surface area contributed by atoms with E-state index in [4.69, 9.17) is 4.74 Å². The van der Waals surface area contributed by atoms with Crippen LogP contribution >= 0.6 is 0 Å². The van der Waals surface area contributed by atoms with Gasteiger partial charge in [-0.2, -0.15) is 0 Å². The second-order valence-corrected chi connectivity index (χ2v) is 6.22. The number of rotatable bonds is 7. The topological polar surface area (TPSA) is 79.6 Å². The predicted molar refractivity (Wildman–Crippen MR) is 93.0 cm³/mol. The van der Waals surface area contributed by atoms with Crippen LogP contribution in [-0.4, -0.2) is 71.6 Å². The van der Waals surface area contributed by atoms with Crippen molar-refractivity contribution in [1.82, 2.24) is 30.3 Å². The first-order valence-corrected chi connectivity index (χ1v) is 9.10. The van der Waals surface area contributed by atoms with E-state index in [9.17, 15) is 0 Å². The summed E-state index contributed by atoms with van der Waals surface area (Å²) in [5.74, 6) is 2.92. The van der Waals surface area contributed by atoms with Crippen molar-refractivity contribution in [2.24, 2.45) is 4.99 Å². The highest BCUT2D eigenvalue weighted by Crippen LogP contribution is 2.14. The van der Waals surface area contributed by atoms with Gasteiger partial charge < -0.3 is 19.9 Å². The Hall–Kier alpha value is -1.67. The maximum atomic E-state index is 5.38. The first-order chi connectivity index (χ1) is 11.9. The van der Waals surface area contributed by atoms with E-state index in [1.54, 1.807) is 0 Å². The minimum absolute atomic E-state index is 0.575. The molecule has 0 radical (unpaired) electrons. The van der Waals surface area contributed by atoms with E-state index in [-0.39, 0.29) is 0 Å². The van der Waals surface area contributed by atoms with Gasteiger partial charge in [0.1, 0.15) is 12.4 Å². The molecule has 0 aliphatic carbocycles. The number of fused-ring (bicyclic) bond motifs is 1. The second kappa shape index (κ2) is 8.98. The highest BCUT2D eigenvalue weighted by molar-refractivity contribution is 5.79. The van der Waals surface area contributed by atoms with E-state index in [0.717, 1.165) is 82.9 Å². The van der Waals surface area contributed by atoms with Crippen LogP contribution in [0.25, 0.3) is 0 Å².